The fourth-order valence-corrected chi connectivity index (χ4v) is 2.13. The summed E-state index contributed by atoms with van der Waals surface area (Å²) in [6, 6.07) is 8.99. The van der Waals surface area contributed by atoms with Gasteiger partial charge in [-0.05, 0) is 36.4 Å². The largest absolute Gasteiger partial charge is 0.493 e. The molecule has 0 radical (unpaired) electrons. The third-order valence-corrected chi connectivity index (χ3v) is 3.33. The van der Waals surface area contributed by atoms with Gasteiger partial charge in [-0.3, -0.25) is 4.79 Å². The van der Waals surface area contributed by atoms with Gasteiger partial charge >= 0.3 is 0 Å². The van der Waals surface area contributed by atoms with E-state index in [1.54, 1.807) is 18.2 Å². The molecule has 4 nitrogen and oxygen atoms in total. The molecule has 0 bridgehead atoms. The van der Waals surface area contributed by atoms with Crippen molar-refractivity contribution in [3.63, 3.8) is 0 Å². The molecule has 0 atom stereocenters. The van der Waals surface area contributed by atoms with Crippen LogP contribution >= 0.6 is 11.6 Å². The summed E-state index contributed by atoms with van der Waals surface area (Å²) >= 11 is 5.81. The van der Waals surface area contributed by atoms with Gasteiger partial charge in [-0.1, -0.05) is 11.6 Å². The summed E-state index contributed by atoms with van der Waals surface area (Å²) < 4.78 is 23.8. The molecule has 0 unspecified atom stereocenters. The molecule has 6 heteroatoms. The highest BCUT2D eigenvalue weighted by molar-refractivity contribution is 6.30. The second-order valence-corrected chi connectivity index (χ2v) is 4.92. The van der Waals surface area contributed by atoms with Crippen LogP contribution in [0.4, 0.5) is 4.39 Å². The highest BCUT2D eigenvalue weighted by atomic mass is 35.5. The summed E-state index contributed by atoms with van der Waals surface area (Å²) in [7, 11) is 3.00. The van der Waals surface area contributed by atoms with Gasteiger partial charge in [-0.25, -0.2) is 4.39 Å². The van der Waals surface area contributed by atoms with E-state index in [1.165, 1.54) is 32.4 Å². The quantitative estimate of drug-likeness (QED) is 0.917. The van der Waals surface area contributed by atoms with Crippen LogP contribution in [-0.4, -0.2) is 20.1 Å². The maximum atomic E-state index is 13.6. The van der Waals surface area contributed by atoms with Gasteiger partial charge in [0, 0.05) is 22.7 Å². The van der Waals surface area contributed by atoms with Crippen molar-refractivity contribution in [3.8, 4) is 11.5 Å². The molecule has 0 heterocycles. The van der Waals surface area contributed by atoms with E-state index in [0.29, 0.717) is 27.6 Å². The van der Waals surface area contributed by atoms with Crippen molar-refractivity contribution in [2.75, 3.05) is 14.2 Å². The number of nitrogens with one attached hydrogen (secondary N) is 1. The first kappa shape index (κ1) is 16.1. The second-order valence-electron chi connectivity index (χ2n) is 4.49. The van der Waals surface area contributed by atoms with Crippen molar-refractivity contribution in [1.29, 1.82) is 0 Å². The van der Waals surface area contributed by atoms with Crippen LogP contribution in [0.25, 0.3) is 0 Å². The molecule has 22 heavy (non-hydrogen) atoms. The van der Waals surface area contributed by atoms with Crippen LogP contribution in [0.15, 0.2) is 36.4 Å². The summed E-state index contributed by atoms with van der Waals surface area (Å²) in [5, 5.41) is 3.05. The second kappa shape index (κ2) is 7.13. The lowest BCUT2D eigenvalue weighted by molar-refractivity contribution is 0.0950. The van der Waals surface area contributed by atoms with Gasteiger partial charge in [0.1, 0.15) is 5.82 Å². The standard InChI is InChI=1S/C16H15ClFNO3/c1-21-14-6-3-10(8-15(14)22-2)16(20)19-9-11-7-12(17)4-5-13(11)18/h3-8H,9H2,1-2H3,(H,19,20). The first-order chi connectivity index (χ1) is 10.5. The smallest absolute Gasteiger partial charge is 0.251 e. The number of hydrogen-bond acceptors (Lipinski definition) is 3. The number of carbonyl (C=O) groups is 1. The van der Waals surface area contributed by atoms with Crippen LogP contribution in [0.2, 0.25) is 5.02 Å². The minimum atomic E-state index is -0.419. The maximum absolute atomic E-state index is 13.6. The van der Waals surface area contributed by atoms with E-state index in [4.69, 9.17) is 21.1 Å². The molecule has 0 spiro atoms. The van der Waals surface area contributed by atoms with Crippen molar-refractivity contribution in [2.24, 2.45) is 0 Å². The van der Waals surface area contributed by atoms with Crippen LogP contribution in [0.3, 0.4) is 0 Å². The van der Waals surface area contributed by atoms with E-state index in [0.717, 1.165) is 0 Å². The normalized spacial score (nSPS) is 10.2. The van der Waals surface area contributed by atoms with Gasteiger partial charge < -0.3 is 14.8 Å². The van der Waals surface area contributed by atoms with Crippen molar-refractivity contribution in [2.45, 2.75) is 6.54 Å². The molecule has 0 fully saturated rings. The maximum Gasteiger partial charge on any atom is 0.251 e. The third-order valence-electron chi connectivity index (χ3n) is 3.09. The Morgan fingerprint density at radius 3 is 2.55 bits per heavy atom. The Labute approximate surface area is 132 Å². The Kier molecular flexibility index (Phi) is 5.22. The molecular formula is C16H15ClFNO3. The van der Waals surface area contributed by atoms with Gasteiger partial charge in [-0.15, -0.1) is 0 Å². The minimum absolute atomic E-state index is 0.0412. The summed E-state index contributed by atoms with van der Waals surface area (Å²) in [5.41, 5.74) is 0.710. The molecule has 1 N–H and O–H groups in total. The average molecular weight is 324 g/mol. The van der Waals surface area contributed by atoms with Crippen LogP contribution < -0.4 is 14.8 Å². The van der Waals surface area contributed by atoms with Gasteiger partial charge in [-0.2, -0.15) is 0 Å². The molecule has 2 aromatic carbocycles. The molecule has 0 aliphatic rings. The number of methoxy groups -OCH3 is 2. The topological polar surface area (TPSA) is 47.6 Å². The molecule has 2 aromatic rings. The number of amides is 1. The van der Waals surface area contributed by atoms with Crippen molar-refractivity contribution < 1.29 is 18.7 Å². The van der Waals surface area contributed by atoms with E-state index in [1.807, 2.05) is 0 Å². The fourth-order valence-electron chi connectivity index (χ4n) is 1.93. The molecule has 0 aliphatic carbocycles. The average Bonchev–Trinajstić information content (AvgIpc) is 2.54. The van der Waals surface area contributed by atoms with Gasteiger partial charge in [0.25, 0.3) is 5.91 Å². The van der Waals surface area contributed by atoms with E-state index in [9.17, 15) is 9.18 Å². The minimum Gasteiger partial charge on any atom is -0.493 e. The van der Waals surface area contributed by atoms with E-state index in [2.05, 4.69) is 5.32 Å². The molecule has 0 aromatic heterocycles. The highest BCUT2D eigenvalue weighted by Gasteiger charge is 2.11. The Hall–Kier alpha value is -2.27. The zero-order chi connectivity index (χ0) is 16.1. The summed E-state index contributed by atoms with van der Waals surface area (Å²) in [4.78, 5) is 12.1. The van der Waals surface area contributed by atoms with Crippen LogP contribution in [0, 0.1) is 5.82 Å². The summed E-state index contributed by atoms with van der Waals surface area (Å²) in [5.74, 6) is 0.210. The number of halogens is 2. The SMILES string of the molecule is COc1ccc(C(=O)NCc2cc(Cl)ccc2F)cc1OC. The monoisotopic (exact) mass is 323 g/mol. The zero-order valence-electron chi connectivity index (χ0n) is 12.2. The predicted molar refractivity (Wildman–Crippen MR) is 82.1 cm³/mol. The molecular weight excluding hydrogens is 309 g/mol. The third kappa shape index (κ3) is 3.68. The molecule has 0 saturated heterocycles. The molecule has 1 amide bonds. The number of rotatable bonds is 5. The van der Waals surface area contributed by atoms with E-state index >= 15 is 0 Å². The van der Waals surface area contributed by atoms with E-state index < -0.39 is 5.82 Å². The Morgan fingerprint density at radius 1 is 1.14 bits per heavy atom. The zero-order valence-corrected chi connectivity index (χ0v) is 12.9. The van der Waals surface area contributed by atoms with Crippen LogP contribution in [-0.2, 0) is 6.54 Å². The lowest BCUT2D eigenvalue weighted by Crippen LogP contribution is -2.23. The highest BCUT2D eigenvalue weighted by Crippen LogP contribution is 2.27. The lowest BCUT2D eigenvalue weighted by Gasteiger charge is -2.10. The van der Waals surface area contributed by atoms with Gasteiger partial charge in [0.2, 0.25) is 0 Å². The molecule has 116 valence electrons. The van der Waals surface area contributed by atoms with Crippen molar-refractivity contribution in [3.05, 3.63) is 58.4 Å². The fraction of sp³-hybridized carbons (Fsp3) is 0.188. The number of hydrogen-bond donors (Lipinski definition) is 1. The van der Waals surface area contributed by atoms with E-state index in [-0.39, 0.29) is 12.5 Å². The Balaban J connectivity index is 2.11. The van der Waals surface area contributed by atoms with Crippen molar-refractivity contribution >= 4 is 17.5 Å². The number of ether oxygens (including phenoxy) is 2. The predicted octanol–water partition coefficient (Wildman–Crippen LogP) is 3.43. The summed E-state index contributed by atoms with van der Waals surface area (Å²) in [6.45, 7) is 0.0412. The van der Waals surface area contributed by atoms with Crippen LogP contribution in [0.1, 0.15) is 15.9 Å². The van der Waals surface area contributed by atoms with Gasteiger partial charge in [0.15, 0.2) is 11.5 Å². The lowest BCUT2D eigenvalue weighted by atomic mass is 10.1. The number of benzene rings is 2. The molecule has 0 aliphatic heterocycles. The Morgan fingerprint density at radius 2 is 1.86 bits per heavy atom. The molecule has 2 rings (SSSR count). The Bertz CT molecular complexity index is 691. The van der Waals surface area contributed by atoms with Crippen molar-refractivity contribution in [1.82, 2.24) is 5.32 Å². The molecule has 0 saturated carbocycles. The summed E-state index contributed by atoms with van der Waals surface area (Å²) in [6.07, 6.45) is 0. The van der Waals surface area contributed by atoms with Gasteiger partial charge in [0.05, 0.1) is 14.2 Å². The number of carbonyl (C=O) groups excluding carboxylic acids is 1. The van der Waals surface area contributed by atoms with Crippen LogP contribution in [0.5, 0.6) is 11.5 Å². The first-order valence-corrected chi connectivity index (χ1v) is 6.87. The first-order valence-electron chi connectivity index (χ1n) is 6.49.